The van der Waals surface area contributed by atoms with Gasteiger partial charge in [0.05, 0.1) is 23.8 Å². The van der Waals surface area contributed by atoms with Crippen molar-refractivity contribution in [1.82, 2.24) is 9.62 Å². The number of rotatable bonds is 12. The monoisotopic (exact) mass is 639 g/mol. The van der Waals surface area contributed by atoms with E-state index in [1.165, 1.54) is 0 Å². The van der Waals surface area contributed by atoms with Crippen molar-refractivity contribution >= 4 is 18.0 Å². The van der Waals surface area contributed by atoms with Crippen LogP contribution in [-0.4, -0.2) is 47.4 Å². The highest BCUT2D eigenvalue weighted by molar-refractivity contribution is 7.98. The van der Waals surface area contributed by atoms with Gasteiger partial charge >= 0.3 is 6.09 Å². The van der Waals surface area contributed by atoms with Crippen LogP contribution in [0.4, 0.5) is 4.79 Å². The summed E-state index contributed by atoms with van der Waals surface area (Å²) in [7, 11) is 1.74. The Morgan fingerprint density at radius 1 is 0.978 bits per heavy atom. The van der Waals surface area contributed by atoms with E-state index < -0.39 is 34.1 Å². The predicted molar refractivity (Wildman–Crippen MR) is 188 cm³/mol. The van der Waals surface area contributed by atoms with Gasteiger partial charge < -0.3 is 9.47 Å². The third-order valence-corrected chi connectivity index (χ3v) is 10.3. The summed E-state index contributed by atoms with van der Waals surface area (Å²) in [6.45, 7) is 11.8. The van der Waals surface area contributed by atoms with Crippen LogP contribution in [0.2, 0.25) is 0 Å². The topological polar surface area (TPSA) is 74.6 Å². The largest absolute Gasteiger partial charge is 0.444 e. The standard InChI is InChI=1S/C39H49N3O3S/c1-8-19-29-27-33(28-40)42(36(43)45-37(3,4)5)34(29)35(38(6,44-7)26-9-2)41-46-39(30-20-13-10-14-21-30,31-22-15-11-16-23-31)32-24-17-12-18-25-32/h8,10-25,29,33-35,41H,9,26-27H2,1-7H3/b19-8-/t29-,33-,34-,35-,38+/m1/s1. The molecule has 0 saturated carbocycles. The number of methoxy groups -OCH3 is 1. The van der Waals surface area contributed by atoms with E-state index in [9.17, 15) is 10.1 Å². The molecule has 1 heterocycles. The Balaban J connectivity index is 1.94. The SMILES string of the molecule is C/C=C\[C@@H]1C[C@H](C#N)N(C(=O)OC(C)(C)C)[C@H]1[C@@H](NSC(c1ccccc1)(c1ccccc1)c1ccccc1)[C@](C)(CCC)OC. The van der Waals surface area contributed by atoms with Crippen LogP contribution in [0.25, 0.3) is 0 Å². The van der Waals surface area contributed by atoms with Gasteiger partial charge in [-0.25, -0.2) is 4.79 Å². The average Bonchev–Trinajstić information content (AvgIpc) is 3.42. The van der Waals surface area contributed by atoms with Gasteiger partial charge in [0.25, 0.3) is 0 Å². The van der Waals surface area contributed by atoms with Crippen molar-refractivity contribution in [2.45, 2.75) is 94.9 Å². The average molecular weight is 640 g/mol. The van der Waals surface area contributed by atoms with Crippen LogP contribution >= 0.6 is 11.9 Å². The molecule has 0 bridgehead atoms. The van der Waals surface area contributed by atoms with Gasteiger partial charge in [-0.2, -0.15) is 5.26 Å². The summed E-state index contributed by atoms with van der Waals surface area (Å²) in [6, 6.07) is 32.6. The lowest BCUT2D eigenvalue weighted by Crippen LogP contribution is -2.62. The fourth-order valence-electron chi connectivity index (χ4n) is 6.73. The summed E-state index contributed by atoms with van der Waals surface area (Å²) in [5.41, 5.74) is 1.96. The molecule has 3 aromatic rings. The van der Waals surface area contributed by atoms with E-state index in [2.05, 4.69) is 104 Å². The Morgan fingerprint density at radius 3 is 1.87 bits per heavy atom. The molecule has 3 aromatic carbocycles. The third-order valence-electron chi connectivity index (χ3n) is 8.88. The first-order chi connectivity index (χ1) is 22.0. The smallest absolute Gasteiger partial charge is 0.411 e. The second-order valence-electron chi connectivity index (χ2n) is 13.2. The van der Waals surface area contributed by atoms with Crippen molar-refractivity contribution in [3.8, 4) is 6.07 Å². The highest BCUT2D eigenvalue weighted by Crippen LogP contribution is 2.49. The third kappa shape index (κ3) is 7.52. The molecule has 0 spiro atoms. The second kappa shape index (κ2) is 15.3. The van der Waals surface area contributed by atoms with Crippen molar-refractivity contribution in [3.05, 3.63) is 120 Å². The normalized spacial score (nSPS) is 20.7. The van der Waals surface area contributed by atoms with Crippen LogP contribution < -0.4 is 4.72 Å². The maximum atomic E-state index is 14.0. The Kier molecular flexibility index (Phi) is 11.8. The lowest BCUT2D eigenvalue weighted by Gasteiger charge is -2.46. The van der Waals surface area contributed by atoms with Crippen molar-refractivity contribution in [2.24, 2.45) is 5.92 Å². The van der Waals surface area contributed by atoms with Crippen molar-refractivity contribution in [2.75, 3.05) is 7.11 Å². The number of carbonyl (C=O) groups excluding carboxylic acids is 1. The molecule has 4 rings (SSSR count). The lowest BCUT2D eigenvalue weighted by atomic mass is 9.81. The Labute approximate surface area is 280 Å². The van der Waals surface area contributed by atoms with E-state index in [0.29, 0.717) is 6.42 Å². The van der Waals surface area contributed by atoms with Crippen LogP contribution in [0.5, 0.6) is 0 Å². The van der Waals surface area contributed by atoms with E-state index in [4.69, 9.17) is 9.47 Å². The van der Waals surface area contributed by atoms with Crippen molar-refractivity contribution in [3.63, 3.8) is 0 Å². The number of ether oxygens (including phenoxy) is 2. The molecule has 1 saturated heterocycles. The number of nitrogens with zero attached hydrogens (tertiary/aromatic N) is 2. The molecule has 5 atom stereocenters. The fraction of sp³-hybridized carbons (Fsp3) is 0.436. The van der Waals surface area contributed by atoms with Gasteiger partial charge in [0.1, 0.15) is 16.4 Å². The Morgan fingerprint density at radius 2 is 1.48 bits per heavy atom. The van der Waals surface area contributed by atoms with Crippen LogP contribution in [0.1, 0.15) is 77.5 Å². The van der Waals surface area contributed by atoms with Crippen LogP contribution in [-0.2, 0) is 14.2 Å². The molecule has 1 amide bonds. The number of allylic oxidation sites excluding steroid dienone is 1. The highest BCUT2D eigenvalue weighted by atomic mass is 32.2. The van der Waals surface area contributed by atoms with E-state index in [0.717, 1.165) is 29.5 Å². The lowest BCUT2D eigenvalue weighted by molar-refractivity contribution is -0.0537. The minimum atomic E-state index is -0.713. The van der Waals surface area contributed by atoms with Crippen LogP contribution in [0.15, 0.2) is 103 Å². The first kappa shape index (κ1) is 35.3. The molecule has 1 aliphatic heterocycles. The van der Waals surface area contributed by atoms with E-state index >= 15 is 0 Å². The Bertz CT molecular complexity index is 1370. The maximum absolute atomic E-state index is 14.0. The minimum absolute atomic E-state index is 0.0915. The summed E-state index contributed by atoms with van der Waals surface area (Å²) in [4.78, 5) is 15.7. The van der Waals surface area contributed by atoms with E-state index in [1.54, 1.807) is 24.0 Å². The first-order valence-corrected chi connectivity index (χ1v) is 17.0. The number of hydrogen-bond donors (Lipinski definition) is 1. The minimum Gasteiger partial charge on any atom is -0.444 e. The number of amides is 1. The van der Waals surface area contributed by atoms with Gasteiger partial charge in [-0.05, 0) is 64.2 Å². The molecule has 0 aromatic heterocycles. The molecule has 1 aliphatic rings. The van der Waals surface area contributed by atoms with Crippen molar-refractivity contribution < 1.29 is 14.3 Å². The van der Waals surface area contributed by atoms with E-state index in [1.807, 2.05) is 52.0 Å². The quantitative estimate of drug-likeness (QED) is 0.121. The molecule has 244 valence electrons. The zero-order valence-electron chi connectivity index (χ0n) is 28.3. The molecule has 0 radical (unpaired) electrons. The molecule has 1 fully saturated rings. The molecular formula is C39H49N3O3S. The van der Waals surface area contributed by atoms with E-state index in [-0.39, 0.29) is 12.0 Å². The van der Waals surface area contributed by atoms with Crippen LogP contribution in [0, 0.1) is 17.2 Å². The van der Waals surface area contributed by atoms with Gasteiger partial charge in [0.15, 0.2) is 0 Å². The number of likely N-dealkylation sites (tertiary alicyclic amines) is 1. The maximum Gasteiger partial charge on any atom is 0.411 e. The molecule has 6 nitrogen and oxygen atoms in total. The summed E-state index contributed by atoms with van der Waals surface area (Å²) >= 11 is 1.63. The van der Waals surface area contributed by atoms with Gasteiger partial charge in [0, 0.05) is 13.0 Å². The molecule has 0 aliphatic carbocycles. The number of benzene rings is 3. The fourth-order valence-corrected chi connectivity index (χ4v) is 8.19. The zero-order valence-corrected chi connectivity index (χ0v) is 29.1. The van der Waals surface area contributed by atoms with Crippen LogP contribution in [0.3, 0.4) is 0 Å². The van der Waals surface area contributed by atoms with Gasteiger partial charge in [-0.15, -0.1) is 0 Å². The highest BCUT2D eigenvalue weighted by Gasteiger charge is 2.54. The van der Waals surface area contributed by atoms with Crippen molar-refractivity contribution in [1.29, 1.82) is 5.26 Å². The first-order valence-electron chi connectivity index (χ1n) is 16.2. The molecule has 0 unspecified atom stereocenters. The van der Waals surface area contributed by atoms with Gasteiger partial charge in [-0.3, -0.25) is 9.62 Å². The molecule has 46 heavy (non-hydrogen) atoms. The number of hydrogen-bond acceptors (Lipinski definition) is 6. The summed E-state index contributed by atoms with van der Waals surface area (Å²) in [5.74, 6) is -0.0915. The molecule has 7 heteroatoms. The van der Waals surface area contributed by atoms with Gasteiger partial charge in [0.2, 0.25) is 0 Å². The number of carbonyl (C=O) groups is 1. The Hall–Kier alpha value is -3.57. The number of nitrogens with one attached hydrogen (secondary N) is 1. The zero-order chi connectivity index (χ0) is 33.4. The summed E-state index contributed by atoms with van der Waals surface area (Å²) in [5, 5.41) is 10.4. The second-order valence-corrected chi connectivity index (χ2v) is 14.2. The summed E-state index contributed by atoms with van der Waals surface area (Å²) in [6.07, 6.45) is 5.79. The number of nitriles is 1. The molecular weight excluding hydrogens is 591 g/mol. The van der Waals surface area contributed by atoms with Gasteiger partial charge in [-0.1, -0.05) is 128 Å². The predicted octanol–water partition coefficient (Wildman–Crippen LogP) is 8.88. The summed E-state index contributed by atoms with van der Waals surface area (Å²) < 4.78 is 15.7. The molecule has 1 N–H and O–H groups in total.